The number of nitrogens with two attached hydrogens (primary N) is 1. The molecule has 0 unspecified atom stereocenters. The summed E-state index contributed by atoms with van der Waals surface area (Å²) in [5, 5.41) is 13.8. The number of nitrogens with zero attached hydrogens (tertiary/aromatic N) is 2. The zero-order valence-corrected chi connectivity index (χ0v) is 11.4. The summed E-state index contributed by atoms with van der Waals surface area (Å²) in [7, 11) is 0. The van der Waals surface area contributed by atoms with Gasteiger partial charge < -0.3 is 10.4 Å². The average Bonchev–Trinajstić information content (AvgIpc) is 2.63. The molecule has 1 heterocycles. The summed E-state index contributed by atoms with van der Waals surface area (Å²) in [6.07, 6.45) is 8.04. The second kappa shape index (κ2) is 6.16. The summed E-state index contributed by atoms with van der Waals surface area (Å²) in [5.74, 6) is 6.40. The molecule has 1 aliphatic carbocycles. The number of aryl methyl sites for hydroxylation is 1. The van der Waals surface area contributed by atoms with E-state index in [4.69, 9.17) is 5.84 Å². The summed E-state index contributed by atoms with van der Waals surface area (Å²) in [6.45, 7) is 2.45. The predicted molar refractivity (Wildman–Crippen MR) is 75.7 cm³/mol. The Morgan fingerprint density at radius 2 is 2.00 bits per heavy atom. The molecule has 0 atom stereocenters. The van der Waals surface area contributed by atoms with Crippen LogP contribution in [0.3, 0.4) is 0 Å². The van der Waals surface area contributed by atoms with Crippen LogP contribution < -0.4 is 16.6 Å². The smallest absolute Gasteiger partial charge is 0.239 e. The Balaban J connectivity index is 2.00. The molecule has 2 rings (SSSR count). The van der Waals surface area contributed by atoms with E-state index >= 15 is 0 Å². The van der Waals surface area contributed by atoms with Gasteiger partial charge in [0.15, 0.2) is 0 Å². The Bertz CT molecular complexity index is 415. The average molecular weight is 265 g/mol. The van der Waals surface area contributed by atoms with E-state index in [9.17, 15) is 5.11 Å². The molecule has 6 heteroatoms. The van der Waals surface area contributed by atoms with E-state index in [2.05, 4.69) is 20.7 Å². The number of nitrogens with one attached hydrogen (secondary N) is 2. The lowest BCUT2D eigenvalue weighted by Gasteiger charge is -2.27. The highest BCUT2D eigenvalue weighted by Crippen LogP contribution is 2.27. The van der Waals surface area contributed by atoms with Gasteiger partial charge in [0.1, 0.15) is 5.82 Å². The van der Waals surface area contributed by atoms with Gasteiger partial charge in [-0.2, -0.15) is 4.98 Å². The molecule has 0 spiro atoms. The Labute approximate surface area is 113 Å². The standard InChI is InChI=1S/C13H23N5O/c1-10-8-15-12(18-14)17-11(10)16-9-13(19)6-4-2-3-5-7-13/h8,19H,2-7,9,14H2,1H3,(H2,15,16,17,18). The monoisotopic (exact) mass is 265 g/mol. The predicted octanol–water partition coefficient (Wildman–Crippen LogP) is 1.57. The first-order valence-electron chi connectivity index (χ1n) is 6.89. The molecule has 0 amide bonds. The third-order valence-electron chi connectivity index (χ3n) is 3.72. The largest absolute Gasteiger partial charge is 0.388 e. The molecule has 1 saturated carbocycles. The van der Waals surface area contributed by atoms with Gasteiger partial charge in [0, 0.05) is 18.3 Å². The fourth-order valence-electron chi connectivity index (χ4n) is 2.50. The first-order chi connectivity index (χ1) is 9.13. The number of rotatable bonds is 4. The lowest BCUT2D eigenvalue weighted by Crippen LogP contribution is -2.36. The van der Waals surface area contributed by atoms with Gasteiger partial charge in [-0.15, -0.1) is 0 Å². The number of nitrogen functional groups attached to an aromatic ring is 1. The molecule has 1 aromatic heterocycles. The van der Waals surface area contributed by atoms with Gasteiger partial charge in [0.25, 0.3) is 0 Å². The van der Waals surface area contributed by atoms with Crippen molar-refractivity contribution < 1.29 is 5.11 Å². The first kappa shape index (κ1) is 14.0. The molecule has 1 aromatic rings. The van der Waals surface area contributed by atoms with E-state index in [0.29, 0.717) is 12.5 Å². The maximum absolute atomic E-state index is 10.6. The Morgan fingerprint density at radius 1 is 1.32 bits per heavy atom. The van der Waals surface area contributed by atoms with Crippen LogP contribution in [-0.4, -0.2) is 27.2 Å². The van der Waals surface area contributed by atoms with Crippen molar-refractivity contribution in [3.05, 3.63) is 11.8 Å². The third kappa shape index (κ3) is 3.78. The summed E-state index contributed by atoms with van der Waals surface area (Å²) in [4.78, 5) is 8.30. The van der Waals surface area contributed by atoms with Crippen LogP contribution in [0, 0.1) is 6.92 Å². The van der Waals surface area contributed by atoms with Crippen LogP contribution >= 0.6 is 0 Å². The van der Waals surface area contributed by atoms with Gasteiger partial charge in [-0.3, -0.25) is 5.43 Å². The zero-order chi connectivity index (χ0) is 13.7. The van der Waals surface area contributed by atoms with Crippen LogP contribution in [0.15, 0.2) is 6.20 Å². The van der Waals surface area contributed by atoms with Crippen molar-refractivity contribution in [2.24, 2.45) is 5.84 Å². The lowest BCUT2D eigenvalue weighted by atomic mass is 9.94. The van der Waals surface area contributed by atoms with E-state index in [1.165, 1.54) is 12.8 Å². The molecule has 1 fully saturated rings. The minimum absolute atomic E-state index is 0.376. The maximum atomic E-state index is 10.6. The molecule has 6 nitrogen and oxygen atoms in total. The lowest BCUT2D eigenvalue weighted by molar-refractivity contribution is 0.0380. The fraction of sp³-hybridized carbons (Fsp3) is 0.692. The van der Waals surface area contributed by atoms with E-state index in [1.54, 1.807) is 6.20 Å². The molecule has 0 bridgehead atoms. The van der Waals surface area contributed by atoms with Crippen LogP contribution in [0.2, 0.25) is 0 Å². The number of aromatic nitrogens is 2. The van der Waals surface area contributed by atoms with Gasteiger partial charge in [0.2, 0.25) is 5.95 Å². The van der Waals surface area contributed by atoms with Gasteiger partial charge in [-0.25, -0.2) is 10.8 Å². The van der Waals surface area contributed by atoms with Crippen LogP contribution in [0.1, 0.15) is 44.1 Å². The minimum atomic E-state index is -0.621. The number of hydrogen-bond donors (Lipinski definition) is 4. The van der Waals surface area contributed by atoms with E-state index in [1.807, 2.05) is 6.92 Å². The normalized spacial score (nSPS) is 18.7. The second-order valence-corrected chi connectivity index (χ2v) is 5.36. The highest BCUT2D eigenvalue weighted by molar-refractivity contribution is 5.46. The Kier molecular flexibility index (Phi) is 4.55. The van der Waals surface area contributed by atoms with Crippen molar-refractivity contribution in [2.45, 2.75) is 51.0 Å². The van der Waals surface area contributed by atoms with Crippen LogP contribution in [-0.2, 0) is 0 Å². The highest BCUT2D eigenvalue weighted by Gasteiger charge is 2.27. The Morgan fingerprint density at radius 3 is 2.63 bits per heavy atom. The fourth-order valence-corrected chi connectivity index (χ4v) is 2.50. The van der Waals surface area contributed by atoms with Crippen molar-refractivity contribution in [3.63, 3.8) is 0 Å². The number of aliphatic hydroxyl groups is 1. The van der Waals surface area contributed by atoms with E-state index in [-0.39, 0.29) is 0 Å². The Hall–Kier alpha value is -1.40. The number of hydrogen-bond acceptors (Lipinski definition) is 6. The van der Waals surface area contributed by atoms with Crippen molar-refractivity contribution in [2.75, 3.05) is 17.3 Å². The third-order valence-corrected chi connectivity index (χ3v) is 3.72. The molecule has 5 N–H and O–H groups in total. The molecule has 0 aromatic carbocycles. The van der Waals surface area contributed by atoms with Gasteiger partial charge in [-0.1, -0.05) is 25.7 Å². The molecule has 0 aliphatic heterocycles. The van der Waals surface area contributed by atoms with Crippen molar-refractivity contribution >= 4 is 11.8 Å². The molecule has 0 radical (unpaired) electrons. The number of anilines is 2. The summed E-state index contributed by atoms with van der Waals surface area (Å²) >= 11 is 0. The molecule has 0 saturated heterocycles. The molecular formula is C13H23N5O. The summed E-state index contributed by atoms with van der Waals surface area (Å²) < 4.78 is 0. The molecule has 1 aliphatic rings. The second-order valence-electron chi connectivity index (χ2n) is 5.36. The highest BCUT2D eigenvalue weighted by atomic mass is 16.3. The molecule has 19 heavy (non-hydrogen) atoms. The van der Waals surface area contributed by atoms with Gasteiger partial charge in [-0.05, 0) is 19.8 Å². The van der Waals surface area contributed by atoms with Gasteiger partial charge in [0.05, 0.1) is 5.60 Å². The van der Waals surface area contributed by atoms with E-state index in [0.717, 1.165) is 37.1 Å². The zero-order valence-electron chi connectivity index (χ0n) is 11.4. The first-order valence-corrected chi connectivity index (χ1v) is 6.89. The van der Waals surface area contributed by atoms with Crippen molar-refractivity contribution in [1.82, 2.24) is 9.97 Å². The topological polar surface area (TPSA) is 96.1 Å². The molecular weight excluding hydrogens is 242 g/mol. The van der Waals surface area contributed by atoms with Crippen molar-refractivity contribution in [1.29, 1.82) is 0 Å². The minimum Gasteiger partial charge on any atom is -0.388 e. The summed E-state index contributed by atoms with van der Waals surface area (Å²) in [6, 6.07) is 0. The number of hydrazine groups is 1. The molecule has 106 valence electrons. The van der Waals surface area contributed by atoms with Crippen molar-refractivity contribution in [3.8, 4) is 0 Å². The maximum Gasteiger partial charge on any atom is 0.239 e. The van der Waals surface area contributed by atoms with Crippen LogP contribution in [0.5, 0.6) is 0 Å². The summed E-state index contributed by atoms with van der Waals surface area (Å²) in [5.41, 5.74) is 2.75. The SMILES string of the molecule is Cc1cnc(NN)nc1NCC1(O)CCCCCC1. The van der Waals surface area contributed by atoms with E-state index < -0.39 is 5.60 Å². The van der Waals surface area contributed by atoms with Crippen LogP contribution in [0.25, 0.3) is 0 Å². The van der Waals surface area contributed by atoms with Crippen LogP contribution in [0.4, 0.5) is 11.8 Å². The van der Waals surface area contributed by atoms with Gasteiger partial charge >= 0.3 is 0 Å². The quantitative estimate of drug-likeness (QED) is 0.375.